The van der Waals surface area contributed by atoms with Crippen molar-refractivity contribution in [2.24, 2.45) is 0 Å². The van der Waals surface area contributed by atoms with E-state index in [2.05, 4.69) is 218 Å². The Morgan fingerprint density at radius 2 is 0.859 bits per heavy atom. The van der Waals surface area contributed by atoms with Gasteiger partial charge in [0.1, 0.15) is 11.5 Å². The average molecular weight is 1150 g/mol. The van der Waals surface area contributed by atoms with Gasteiger partial charge in [-0.2, -0.15) is 0 Å². The summed E-state index contributed by atoms with van der Waals surface area (Å²) >= 11 is 3.45. The van der Waals surface area contributed by atoms with Gasteiger partial charge in [-0.05, 0) is 109 Å². The molecule has 4 atom stereocenters. The van der Waals surface area contributed by atoms with Crippen molar-refractivity contribution in [1.29, 1.82) is 0 Å². The highest BCUT2D eigenvalue weighted by Gasteiger charge is 2.54. The Labute approximate surface area is 505 Å². The van der Waals surface area contributed by atoms with E-state index >= 15 is 0 Å². The fourth-order valence-electron chi connectivity index (χ4n) is 13.3. The molecule has 9 aromatic carbocycles. The lowest BCUT2D eigenvalue weighted by atomic mass is 9.55. The van der Waals surface area contributed by atoms with Gasteiger partial charge < -0.3 is 28.4 Å². The van der Waals surface area contributed by atoms with Crippen LogP contribution in [0.15, 0.2) is 229 Å². The van der Waals surface area contributed by atoms with E-state index in [0.717, 1.165) is 92.8 Å². The molecule has 423 valence electrons. The molecule has 12 rings (SSSR count). The van der Waals surface area contributed by atoms with Crippen molar-refractivity contribution in [1.82, 2.24) is 9.97 Å². The number of ether oxygens (including phenoxy) is 6. The molecule has 0 aliphatic heterocycles. The number of hydrogen-bond donors (Lipinski definition) is 0. The third kappa shape index (κ3) is 9.83. The third-order valence-corrected chi connectivity index (χ3v) is 18.8. The number of benzene rings is 9. The number of methoxy groups -OCH3 is 6. The van der Waals surface area contributed by atoms with Crippen molar-refractivity contribution in [2.45, 2.75) is 36.0 Å². The van der Waals surface area contributed by atoms with E-state index < -0.39 is 22.7 Å². The number of thiophene rings is 2. The predicted octanol–water partition coefficient (Wildman–Crippen LogP) is 17.4. The molecule has 3 heterocycles. The highest BCUT2D eigenvalue weighted by atomic mass is 32.1. The van der Waals surface area contributed by atoms with Gasteiger partial charge in [0.05, 0.1) is 70.6 Å². The number of aryl methyl sites for hydroxylation is 1. The molecule has 0 aliphatic rings. The number of aromatic nitrogens is 2. The Balaban J connectivity index is 1.35. The van der Waals surface area contributed by atoms with E-state index in [-0.39, 0.29) is 0 Å². The highest BCUT2D eigenvalue weighted by Crippen LogP contribution is 2.64. The van der Waals surface area contributed by atoms with Gasteiger partial charge in [0, 0.05) is 57.5 Å². The molecule has 3 aromatic heterocycles. The molecular weight excluding hydrogens is 1090 g/mol. The molecule has 12 aromatic rings. The minimum atomic E-state index is -1.12. The lowest BCUT2D eigenvalue weighted by molar-refractivity contribution is 0.343. The van der Waals surface area contributed by atoms with Crippen LogP contribution in [-0.4, -0.2) is 52.6 Å². The van der Waals surface area contributed by atoms with Gasteiger partial charge in [0.25, 0.3) is 0 Å². The summed E-state index contributed by atoms with van der Waals surface area (Å²) in [5.74, 6) is 2.41. The van der Waals surface area contributed by atoms with Crippen molar-refractivity contribution in [3.63, 3.8) is 0 Å². The summed E-state index contributed by atoms with van der Waals surface area (Å²) in [4.78, 5) is 12.0. The summed E-state index contributed by atoms with van der Waals surface area (Å²) in [6, 6.07) is 77.1. The summed E-state index contributed by atoms with van der Waals surface area (Å²) in [5, 5.41) is 8.74. The average Bonchev–Trinajstić information content (AvgIpc) is 1.50. The molecule has 0 saturated carbocycles. The van der Waals surface area contributed by atoms with Crippen LogP contribution in [0.5, 0.6) is 34.5 Å². The number of rotatable bonds is 20. The summed E-state index contributed by atoms with van der Waals surface area (Å²) in [5.41, 5.74) is 9.23. The lowest BCUT2D eigenvalue weighted by Crippen LogP contribution is -2.41. The normalized spacial score (nSPS) is 13.6. The van der Waals surface area contributed by atoms with E-state index in [4.69, 9.17) is 38.4 Å². The molecule has 0 spiro atoms. The van der Waals surface area contributed by atoms with Gasteiger partial charge in [-0.25, -0.2) is 0 Å². The number of fused-ring (bicyclic) bond motifs is 2. The Morgan fingerprint density at radius 3 is 1.31 bits per heavy atom. The fraction of sp³-hybridized carbons (Fsp3) is 0.160. The topological polar surface area (TPSA) is 81.2 Å². The summed E-state index contributed by atoms with van der Waals surface area (Å²) < 4.78 is 38.5. The molecule has 1 radical (unpaired) electrons. The molecule has 85 heavy (non-hydrogen) atoms. The smallest absolute Gasteiger partial charge is 0.164 e. The van der Waals surface area contributed by atoms with Crippen LogP contribution in [0.2, 0.25) is 0 Å². The Hall–Kier alpha value is -9.22. The van der Waals surface area contributed by atoms with E-state index in [1.807, 2.05) is 25.3 Å². The zero-order chi connectivity index (χ0) is 58.7. The second kappa shape index (κ2) is 24.2. The first kappa shape index (κ1) is 56.3. The van der Waals surface area contributed by atoms with Crippen LogP contribution in [0.4, 0.5) is 0 Å². The van der Waals surface area contributed by atoms with Crippen LogP contribution in [0, 0.1) is 13.8 Å². The minimum Gasteiger partial charge on any atom is -0.496 e. The molecule has 0 bridgehead atoms. The van der Waals surface area contributed by atoms with E-state index in [0.29, 0.717) is 46.6 Å². The number of hydrogen-bond acceptors (Lipinski definition) is 10. The lowest BCUT2D eigenvalue weighted by Gasteiger charge is -2.47. The summed E-state index contributed by atoms with van der Waals surface area (Å²) in [7, 11) is 10.2. The second-order valence-electron chi connectivity index (χ2n) is 21.2. The maximum Gasteiger partial charge on any atom is 0.164 e. The fourth-order valence-corrected chi connectivity index (χ4v) is 15.3. The standard InChI is InChI=1S/C75H65N2O6S2/c1-48-47-76-63(49(2)77-48)42-50-37-38-57(72(53-25-11-9-12-26-53)74(70-35-21-39-84-70,59-33-19-29-51-23-15-17-31-55(51)59)61-43-66(80-5)68(82-7)45-64(61)78-3)58(41-50)73(54-27-13-10-14-28-54)75(71-36-22-40-85-71,60-34-20-30-52-24-16-18-32-56(52)60)62-44-67(81-6)69(83-8)46-65(62)79-4/h9-41,43-47,72-73H,2,42H2,1,3-8H3. The number of nitrogens with zero attached hydrogens (tertiary/aromatic N) is 2. The van der Waals surface area contributed by atoms with E-state index in [1.165, 1.54) is 0 Å². The largest absolute Gasteiger partial charge is 0.496 e. The van der Waals surface area contributed by atoms with E-state index in [1.54, 1.807) is 65.3 Å². The van der Waals surface area contributed by atoms with Crippen molar-refractivity contribution in [3.8, 4) is 34.5 Å². The van der Waals surface area contributed by atoms with Crippen LogP contribution >= 0.6 is 22.7 Å². The molecule has 0 aliphatic carbocycles. The minimum absolute atomic E-state index is 0.458. The molecular formula is C75H65N2O6S2. The molecule has 8 nitrogen and oxygen atoms in total. The third-order valence-electron chi connectivity index (χ3n) is 16.8. The Morgan fingerprint density at radius 1 is 0.424 bits per heavy atom. The second-order valence-corrected chi connectivity index (χ2v) is 23.1. The molecule has 0 fully saturated rings. The quantitative estimate of drug-likeness (QED) is 0.0747. The van der Waals surface area contributed by atoms with Gasteiger partial charge >= 0.3 is 0 Å². The first-order valence-electron chi connectivity index (χ1n) is 28.2. The molecule has 4 unspecified atom stereocenters. The van der Waals surface area contributed by atoms with Crippen molar-refractivity contribution in [2.75, 3.05) is 42.7 Å². The van der Waals surface area contributed by atoms with Crippen LogP contribution in [0.25, 0.3) is 21.5 Å². The zero-order valence-electron chi connectivity index (χ0n) is 48.7. The van der Waals surface area contributed by atoms with Gasteiger partial charge in [0.15, 0.2) is 23.0 Å². The molecule has 0 N–H and O–H groups in total. The molecule has 0 amide bonds. The summed E-state index contributed by atoms with van der Waals surface area (Å²) in [6.07, 6.45) is 2.29. The molecule has 10 heteroatoms. The van der Waals surface area contributed by atoms with E-state index in [9.17, 15) is 0 Å². The van der Waals surface area contributed by atoms with Gasteiger partial charge in [-0.15, -0.1) is 22.7 Å². The predicted molar refractivity (Wildman–Crippen MR) is 346 cm³/mol. The van der Waals surface area contributed by atoms with Crippen molar-refractivity contribution in [3.05, 3.63) is 313 Å². The van der Waals surface area contributed by atoms with Gasteiger partial charge in [-0.1, -0.05) is 176 Å². The van der Waals surface area contributed by atoms with Crippen LogP contribution in [-0.2, 0) is 17.3 Å². The maximum absolute atomic E-state index is 6.76. The SMILES string of the molecule is [CH2]c1nc(C)cnc1Cc1ccc(C(c2ccccc2)C(c2cccs2)(c2cc(OC)c(OC)cc2OC)c2cccc3ccccc23)c(C(c2ccccc2)C(c2cccs2)(c2cc(OC)c(OC)cc2OC)c2cccc3ccccc23)c1. The van der Waals surface area contributed by atoms with Crippen LogP contribution < -0.4 is 28.4 Å². The first-order chi connectivity index (χ1) is 41.7. The Bertz CT molecular complexity index is 4290. The summed E-state index contributed by atoms with van der Waals surface area (Å²) in [6.45, 7) is 6.41. The van der Waals surface area contributed by atoms with Gasteiger partial charge in [0.2, 0.25) is 0 Å². The van der Waals surface area contributed by atoms with Gasteiger partial charge in [-0.3, -0.25) is 9.97 Å². The van der Waals surface area contributed by atoms with Crippen LogP contribution in [0.3, 0.4) is 0 Å². The maximum atomic E-state index is 6.76. The first-order valence-corrected chi connectivity index (χ1v) is 30.0. The molecule has 0 saturated heterocycles. The van der Waals surface area contributed by atoms with Crippen molar-refractivity contribution >= 4 is 44.2 Å². The van der Waals surface area contributed by atoms with Crippen LogP contribution in [0.1, 0.15) is 88.7 Å². The Kier molecular flexibility index (Phi) is 16.0. The zero-order valence-corrected chi connectivity index (χ0v) is 50.3. The van der Waals surface area contributed by atoms with Crippen molar-refractivity contribution < 1.29 is 28.4 Å². The monoisotopic (exact) mass is 1150 g/mol. The highest BCUT2D eigenvalue weighted by molar-refractivity contribution is 7.10.